The molecule has 3 aromatic rings. The predicted octanol–water partition coefficient (Wildman–Crippen LogP) is 3.66. The number of hydrogen-bond acceptors (Lipinski definition) is 5. The fraction of sp³-hybridized carbons (Fsp3) is 0.176. The van der Waals surface area contributed by atoms with Crippen molar-refractivity contribution in [1.82, 2.24) is 10.2 Å². The Morgan fingerprint density at radius 3 is 2.48 bits per heavy atom. The van der Waals surface area contributed by atoms with Crippen LogP contribution in [0.4, 0.5) is 0 Å². The third-order valence-corrected chi connectivity index (χ3v) is 5.73. The summed E-state index contributed by atoms with van der Waals surface area (Å²) in [4.78, 5) is 0.793. The van der Waals surface area contributed by atoms with E-state index in [2.05, 4.69) is 10.2 Å². The zero-order chi connectivity index (χ0) is 16.1. The van der Waals surface area contributed by atoms with Crippen LogP contribution < -0.4 is 0 Å². The highest BCUT2D eigenvalue weighted by atomic mass is 32.2. The van der Waals surface area contributed by atoms with E-state index in [0.29, 0.717) is 12.4 Å². The molecule has 0 fully saturated rings. The first-order chi connectivity index (χ1) is 11.3. The quantitative estimate of drug-likeness (QED) is 0.685. The third kappa shape index (κ3) is 4.10. The van der Waals surface area contributed by atoms with Gasteiger partial charge in [-0.15, -0.1) is 10.2 Å². The number of ether oxygens (including phenoxy) is 1. The molecule has 0 radical (unpaired) electrons. The molecule has 23 heavy (non-hydrogen) atoms. The molecule has 0 saturated carbocycles. The number of hydrogen-bond donors (Lipinski definition) is 0. The molecule has 1 aromatic heterocycles. The van der Waals surface area contributed by atoms with Gasteiger partial charge in [0, 0.05) is 17.6 Å². The fourth-order valence-corrected chi connectivity index (χ4v) is 4.19. The minimum Gasteiger partial charge on any atom is -0.380 e. The maximum Gasteiger partial charge on any atom is 0.147 e. The molecular formula is C17H16N2O2S2. The summed E-state index contributed by atoms with van der Waals surface area (Å²) in [6.45, 7) is 0.559. The normalized spacial score (nSPS) is 12.2. The smallest absolute Gasteiger partial charge is 0.147 e. The van der Waals surface area contributed by atoms with Crippen LogP contribution in [0.5, 0.6) is 0 Å². The first kappa shape index (κ1) is 16.0. The van der Waals surface area contributed by atoms with Gasteiger partial charge in [-0.1, -0.05) is 53.8 Å². The largest absolute Gasteiger partial charge is 0.380 e. The highest BCUT2D eigenvalue weighted by Crippen LogP contribution is 2.24. The van der Waals surface area contributed by atoms with Gasteiger partial charge in [0.2, 0.25) is 0 Å². The van der Waals surface area contributed by atoms with Crippen molar-refractivity contribution in [2.24, 2.45) is 0 Å². The summed E-state index contributed by atoms with van der Waals surface area (Å²) in [5.74, 6) is 0.383. The van der Waals surface area contributed by atoms with Gasteiger partial charge < -0.3 is 4.74 Å². The van der Waals surface area contributed by atoms with E-state index >= 15 is 0 Å². The molecule has 0 saturated heterocycles. The summed E-state index contributed by atoms with van der Waals surface area (Å²) in [6, 6.07) is 17.5. The zero-order valence-corrected chi connectivity index (χ0v) is 14.3. The van der Waals surface area contributed by atoms with E-state index in [0.717, 1.165) is 26.0 Å². The SMILES string of the molecule is COCc1ccc(S(=O)Cc2nnc(-c3ccccc3)s2)cc1. The Kier molecular flexibility index (Phi) is 5.27. The van der Waals surface area contributed by atoms with E-state index in [4.69, 9.17) is 4.74 Å². The zero-order valence-electron chi connectivity index (χ0n) is 12.6. The van der Waals surface area contributed by atoms with E-state index in [9.17, 15) is 4.21 Å². The van der Waals surface area contributed by atoms with Crippen LogP contribution in [0, 0.1) is 0 Å². The lowest BCUT2D eigenvalue weighted by atomic mass is 10.2. The maximum atomic E-state index is 12.4. The summed E-state index contributed by atoms with van der Waals surface area (Å²) in [5.41, 5.74) is 2.10. The molecule has 2 aromatic carbocycles. The average Bonchev–Trinajstić information content (AvgIpc) is 3.05. The first-order valence-corrected chi connectivity index (χ1v) is 9.24. The lowest BCUT2D eigenvalue weighted by molar-refractivity contribution is 0.185. The van der Waals surface area contributed by atoms with Gasteiger partial charge in [0.15, 0.2) is 0 Å². The molecule has 3 rings (SSSR count). The van der Waals surface area contributed by atoms with Crippen LogP contribution in [-0.4, -0.2) is 21.5 Å². The maximum absolute atomic E-state index is 12.4. The Balaban J connectivity index is 1.69. The molecule has 1 heterocycles. The van der Waals surface area contributed by atoms with E-state index < -0.39 is 10.8 Å². The number of benzene rings is 2. The van der Waals surface area contributed by atoms with Gasteiger partial charge in [0.25, 0.3) is 0 Å². The highest BCUT2D eigenvalue weighted by molar-refractivity contribution is 7.84. The summed E-state index contributed by atoms with van der Waals surface area (Å²) < 4.78 is 17.5. The molecule has 4 nitrogen and oxygen atoms in total. The lowest BCUT2D eigenvalue weighted by Gasteiger charge is -2.02. The van der Waals surface area contributed by atoms with Crippen molar-refractivity contribution in [2.45, 2.75) is 17.3 Å². The Morgan fingerprint density at radius 2 is 1.78 bits per heavy atom. The van der Waals surface area contributed by atoms with Crippen LogP contribution in [0.1, 0.15) is 10.6 Å². The van der Waals surface area contributed by atoms with Crippen LogP contribution in [0.2, 0.25) is 0 Å². The van der Waals surface area contributed by atoms with Gasteiger partial charge in [-0.3, -0.25) is 4.21 Å². The molecule has 0 bridgehead atoms. The van der Waals surface area contributed by atoms with Gasteiger partial charge in [0.05, 0.1) is 23.2 Å². The molecule has 6 heteroatoms. The minimum atomic E-state index is -1.12. The van der Waals surface area contributed by atoms with Gasteiger partial charge in [0.1, 0.15) is 10.0 Å². The monoisotopic (exact) mass is 344 g/mol. The Hall–Kier alpha value is -1.89. The van der Waals surface area contributed by atoms with Crippen molar-refractivity contribution in [3.05, 3.63) is 65.2 Å². The molecule has 0 aliphatic carbocycles. The van der Waals surface area contributed by atoms with E-state index in [1.165, 1.54) is 11.3 Å². The second-order valence-corrected chi connectivity index (χ2v) is 7.45. The second-order valence-electron chi connectivity index (χ2n) is 4.93. The van der Waals surface area contributed by atoms with Gasteiger partial charge in [-0.05, 0) is 17.7 Å². The van der Waals surface area contributed by atoms with Crippen molar-refractivity contribution in [1.29, 1.82) is 0 Å². The fourth-order valence-electron chi connectivity index (χ4n) is 2.11. The second kappa shape index (κ2) is 7.59. The molecule has 0 aliphatic heterocycles. The minimum absolute atomic E-state index is 0.383. The van der Waals surface area contributed by atoms with Crippen LogP contribution in [0.15, 0.2) is 59.5 Å². The summed E-state index contributed by atoms with van der Waals surface area (Å²) in [6.07, 6.45) is 0. The Morgan fingerprint density at radius 1 is 1.04 bits per heavy atom. The molecule has 0 amide bonds. The molecule has 1 atom stereocenters. The van der Waals surface area contributed by atoms with Gasteiger partial charge in [-0.25, -0.2) is 0 Å². The van der Waals surface area contributed by atoms with Gasteiger partial charge >= 0.3 is 0 Å². The van der Waals surface area contributed by atoms with E-state index in [1.54, 1.807) is 7.11 Å². The van der Waals surface area contributed by atoms with E-state index in [-0.39, 0.29) is 0 Å². The Bertz CT molecular complexity index is 786. The first-order valence-electron chi connectivity index (χ1n) is 7.10. The molecule has 0 aliphatic rings. The van der Waals surface area contributed by atoms with Crippen molar-refractivity contribution >= 4 is 22.1 Å². The summed E-state index contributed by atoms with van der Waals surface area (Å²) in [5, 5.41) is 9.99. The Labute approximate surface area is 141 Å². The third-order valence-electron chi connectivity index (χ3n) is 3.24. The summed E-state index contributed by atoms with van der Waals surface area (Å²) >= 11 is 1.48. The molecule has 0 spiro atoms. The molecule has 1 unspecified atom stereocenters. The number of methoxy groups -OCH3 is 1. The predicted molar refractivity (Wildman–Crippen MR) is 92.6 cm³/mol. The van der Waals surface area contributed by atoms with Crippen LogP contribution in [0.25, 0.3) is 10.6 Å². The van der Waals surface area contributed by atoms with Crippen molar-refractivity contribution in [3.63, 3.8) is 0 Å². The van der Waals surface area contributed by atoms with Crippen molar-refractivity contribution in [2.75, 3.05) is 7.11 Å². The molecule has 0 N–H and O–H groups in total. The van der Waals surface area contributed by atoms with Crippen LogP contribution in [-0.2, 0) is 27.9 Å². The number of rotatable bonds is 6. The molecule has 118 valence electrons. The lowest BCUT2D eigenvalue weighted by Crippen LogP contribution is -1.97. The van der Waals surface area contributed by atoms with Gasteiger partial charge in [-0.2, -0.15) is 0 Å². The standard InChI is InChI=1S/C17H16N2O2S2/c1-21-11-13-7-9-15(10-8-13)23(20)12-16-18-19-17(22-16)14-5-3-2-4-6-14/h2-10H,11-12H2,1H3. The van der Waals surface area contributed by atoms with E-state index in [1.807, 2.05) is 54.6 Å². The summed E-state index contributed by atoms with van der Waals surface area (Å²) in [7, 11) is 0.536. The topological polar surface area (TPSA) is 52.1 Å². The number of nitrogens with zero attached hydrogens (tertiary/aromatic N) is 2. The van der Waals surface area contributed by atoms with Crippen molar-refractivity contribution < 1.29 is 8.95 Å². The number of aromatic nitrogens is 2. The van der Waals surface area contributed by atoms with Crippen molar-refractivity contribution in [3.8, 4) is 10.6 Å². The van der Waals surface area contributed by atoms with Crippen LogP contribution in [0.3, 0.4) is 0 Å². The highest BCUT2D eigenvalue weighted by Gasteiger charge is 2.11. The molecular weight excluding hydrogens is 328 g/mol. The average molecular weight is 344 g/mol. The van der Waals surface area contributed by atoms with Crippen LogP contribution >= 0.6 is 11.3 Å².